The molecule has 0 saturated carbocycles. The second-order valence-corrected chi connectivity index (χ2v) is 6.47. The highest BCUT2D eigenvalue weighted by molar-refractivity contribution is 5.11. The molecule has 1 aliphatic heterocycles. The smallest absolute Gasteiger partial charge is 0.0534 e. The molecule has 23 heavy (non-hydrogen) atoms. The van der Waals surface area contributed by atoms with Crippen LogP contribution < -0.4 is 0 Å². The van der Waals surface area contributed by atoms with E-state index in [4.69, 9.17) is 0 Å². The van der Waals surface area contributed by atoms with Crippen molar-refractivity contribution >= 4 is 0 Å². The van der Waals surface area contributed by atoms with Gasteiger partial charge in [0.25, 0.3) is 0 Å². The topological polar surface area (TPSA) is 37.2 Å². The van der Waals surface area contributed by atoms with Crippen LogP contribution in [-0.2, 0) is 20.1 Å². The molecule has 124 valence electrons. The highest BCUT2D eigenvalue weighted by Gasteiger charge is 2.25. The Balaban J connectivity index is 1.69. The van der Waals surface area contributed by atoms with E-state index in [-0.39, 0.29) is 0 Å². The summed E-state index contributed by atoms with van der Waals surface area (Å²) in [6.07, 6.45) is 10.5. The fraction of sp³-hybridized carbons (Fsp3) is 0.556. The number of rotatable bonds is 7. The average Bonchev–Trinajstić information content (AvgIpc) is 3.17. The summed E-state index contributed by atoms with van der Waals surface area (Å²) in [5.74, 6) is 0. The van der Waals surface area contributed by atoms with Gasteiger partial charge >= 0.3 is 0 Å². The number of pyridine rings is 1. The van der Waals surface area contributed by atoms with Gasteiger partial charge in [-0.05, 0) is 43.6 Å². The summed E-state index contributed by atoms with van der Waals surface area (Å²) in [5.41, 5.74) is 2.60. The first-order valence-corrected chi connectivity index (χ1v) is 8.57. The number of aromatic nitrogens is 3. The minimum atomic E-state index is 0.679. The van der Waals surface area contributed by atoms with Crippen LogP contribution in [0.3, 0.4) is 0 Å². The van der Waals surface area contributed by atoms with Gasteiger partial charge in [-0.2, -0.15) is 5.10 Å². The molecule has 0 amide bonds. The molecule has 0 N–H and O–H groups in total. The summed E-state index contributed by atoms with van der Waals surface area (Å²) in [6.45, 7) is 7.70. The van der Waals surface area contributed by atoms with Gasteiger partial charge in [0.2, 0.25) is 0 Å². The molecule has 3 heterocycles. The molecular formula is C18H27N5. The van der Waals surface area contributed by atoms with Gasteiger partial charge in [0.05, 0.1) is 6.20 Å². The zero-order valence-corrected chi connectivity index (χ0v) is 14.2. The average molecular weight is 313 g/mol. The van der Waals surface area contributed by atoms with Gasteiger partial charge in [-0.1, -0.05) is 6.92 Å². The quantitative estimate of drug-likeness (QED) is 0.786. The largest absolute Gasteiger partial charge is 0.299 e. The number of likely N-dealkylation sites (tertiary alicyclic amines) is 1. The van der Waals surface area contributed by atoms with Gasteiger partial charge in [0.1, 0.15) is 0 Å². The van der Waals surface area contributed by atoms with Crippen LogP contribution in [-0.4, -0.2) is 50.2 Å². The number of likely N-dealkylation sites (N-methyl/N-ethyl adjacent to an activating group) is 1. The molecule has 3 rings (SSSR count). The van der Waals surface area contributed by atoms with Gasteiger partial charge in [0, 0.05) is 56.9 Å². The van der Waals surface area contributed by atoms with E-state index in [1.54, 1.807) is 0 Å². The molecule has 1 saturated heterocycles. The fourth-order valence-corrected chi connectivity index (χ4v) is 3.56. The Morgan fingerprint density at radius 2 is 2.00 bits per heavy atom. The maximum Gasteiger partial charge on any atom is 0.0534 e. The van der Waals surface area contributed by atoms with Gasteiger partial charge < -0.3 is 0 Å². The lowest BCUT2D eigenvalue weighted by Gasteiger charge is -2.30. The molecule has 0 aromatic carbocycles. The van der Waals surface area contributed by atoms with E-state index in [9.17, 15) is 0 Å². The third kappa shape index (κ3) is 4.39. The van der Waals surface area contributed by atoms with Crippen LogP contribution in [0.4, 0.5) is 0 Å². The predicted molar refractivity (Wildman–Crippen MR) is 91.8 cm³/mol. The minimum Gasteiger partial charge on any atom is -0.299 e. The van der Waals surface area contributed by atoms with Crippen LogP contribution in [0, 0.1) is 0 Å². The molecule has 1 fully saturated rings. The van der Waals surface area contributed by atoms with Gasteiger partial charge in [-0.3, -0.25) is 19.5 Å². The van der Waals surface area contributed by atoms with Crippen LogP contribution >= 0.6 is 0 Å². The fourth-order valence-electron chi connectivity index (χ4n) is 3.56. The molecular weight excluding hydrogens is 286 g/mol. The van der Waals surface area contributed by atoms with Crippen molar-refractivity contribution in [3.8, 4) is 0 Å². The van der Waals surface area contributed by atoms with Crippen LogP contribution in [0.2, 0.25) is 0 Å². The van der Waals surface area contributed by atoms with E-state index < -0.39 is 0 Å². The van der Waals surface area contributed by atoms with E-state index in [1.807, 2.05) is 30.3 Å². The summed E-state index contributed by atoms with van der Waals surface area (Å²) >= 11 is 0. The summed E-state index contributed by atoms with van der Waals surface area (Å²) in [7, 11) is 1.98. The Labute approximate surface area is 138 Å². The lowest BCUT2D eigenvalue weighted by atomic mass is 10.1. The second kappa shape index (κ2) is 7.70. The zero-order valence-electron chi connectivity index (χ0n) is 14.2. The molecule has 1 atom stereocenters. The van der Waals surface area contributed by atoms with Crippen molar-refractivity contribution in [1.29, 1.82) is 0 Å². The van der Waals surface area contributed by atoms with E-state index in [0.29, 0.717) is 6.04 Å². The Kier molecular flexibility index (Phi) is 5.41. The molecule has 5 heteroatoms. The Hall–Kier alpha value is -1.72. The highest BCUT2D eigenvalue weighted by Crippen LogP contribution is 2.20. The number of hydrogen-bond acceptors (Lipinski definition) is 4. The third-order valence-corrected chi connectivity index (χ3v) is 4.69. The maximum atomic E-state index is 4.31. The molecule has 5 nitrogen and oxygen atoms in total. The third-order valence-electron chi connectivity index (χ3n) is 4.69. The second-order valence-electron chi connectivity index (χ2n) is 6.47. The van der Waals surface area contributed by atoms with E-state index in [0.717, 1.165) is 26.2 Å². The maximum absolute atomic E-state index is 4.31. The molecule has 2 aromatic heterocycles. The first-order valence-electron chi connectivity index (χ1n) is 8.57. The highest BCUT2D eigenvalue weighted by atomic mass is 15.3. The summed E-state index contributed by atoms with van der Waals surface area (Å²) in [4.78, 5) is 9.29. The minimum absolute atomic E-state index is 0.679. The molecule has 0 radical (unpaired) electrons. The Morgan fingerprint density at radius 1 is 1.22 bits per heavy atom. The Morgan fingerprint density at radius 3 is 2.70 bits per heavy atom. The molecule has 0 aliphatic carbocycles. The van der Waals surface area contributed by atoms with Crippen molar-refractivity contribution in [2.45, 2.75) is 38.9 Å². The van der Waals surface area contributed by atoms with E-state index in [1.165, 1.54) is 30.5 Å². The van der Waals surface area contributed by atoms with E-state index >= 15 is 0 Å². The van der Waals surface area contributed by atoms with Crippen molar-refractivity contribution in [2.75, 3.05) is 19.6 Å². The normalized spacial score (nSPS) is 18.8. The Bertz CT molecular complexity index is 594. The molecule has 0 spiro atoms. The summed E-state index contributed by atoms with van der Waals surface area (Å²) in [5, 5.41) is 4.31. The van der Waals surface area contributed by atoms with Crippen LogP contribution in [0.5, 0.6) is 0 Å². The van der Waals surface area contributed by atoms with Crippen molar-refractivity contribution < 1.29 is 0 Å². The molecule has 1 unspecified atom stereocenters. The molecule has 2 aromatic rings. The lowest BCUT2D eigenvalue weighted by molar-refractivity contribution is 0.166. The lowest BCUT2D eigenvalue weighted by Crippen LogP contribution is -2.39. The first-order chi connectivity index (χ1) is 11.2. The van der Waals surface area contributed by atoms with Gasteiger partial charge in [0.15, 0.2) is 0 Å². The zero-order chi connectivity index (χ0) is 16.1. The number of hydrogen-bond donors (Lipinski definition) is 0. The number of aryl methyl sites for hydroxylation is 1. The van der Waals surface area contributed by atoms with Gasteiger partial charge in [-0.25, -0.2) is 0 Å². The summed E-state index contributed by atoms with van der Waals surface area (Å²) < 4.78 is 1.88. The SMILES string of the molecule is CCN1CCCC1CN(Cc1ccncc1)Cc1cnn(C)c1. The predicted octanol–water partition coefficient (Wildman–Crippen LogP) is 2.30. The van der Waals surface area contributed by atoms with Crippen LogP contribution in [0.1, 0.15) is 30.9 Å². The van der Waals surface area contributed by atoms with Gasteiger partial charge in [-0.15, -0.1) is 0 Å². The molecule has 1 aliphatic rings. The van der Waals surface area contributed by atoms with Crippen molar-refractivity contribution in [3.05, 3.63) is 48.0 Å². The molecule has 0 bridgehead atoms. The number of nitrogens with zero attached hydrogens (tertiary/aromatic N) is 5. The van der Waals surface area contributed by atoms with Crippen molar-refractivity contribution in [2.24, 2.45) is 7.05 Å². The first kappa shape index (κ1) is 16.1. The van der Waals surface area contributed by atoms with Crippen molar-refractivity contribution in [1.82, 2.24) is 24.6 Å². The van der Waals surface area contributed by atoms with Crippen molar-refractivity contribution in [3.63, 3.8) is 0 Å². The van der Waals surface area contributed by atoms with Crippen LogP contribution in [0.15, 0.2) is 36.9 Å². The van der Waals surface area contributed by atoms with E-state index in [2.05, 4.69) is 45.1 Å². The standard InChI is InChI=1S/C18H27N5/c1-3-23-10-4-5-18(23)15-22(13-16-6-8-19-9-7-16)14-17-11-20-21(2)12-17/h6-9,11-12,18H,3-5,10,13-15H2,1-2H3. The monoisotopic (exact) mass is 313 g/mol. The van der Waals surface area contributed by atoms with Crippen LogP contribution in [0.25, 0.3) is 0 Å². The summed E-state index contributed by atoms with van der Waals surface area (Å²) in [6, 6.07) is 4.91.